The Morgan fingerprint density at radius 2 is 1.71 bits per heavy atom. The van der Waals surface area contributed by atoms with Crippen molar-refractivity contribution in [3.8, 4) is 0 Å². The van der Waals surface area contributed by atoms with Crippen LogP contribution in [0, 0.1) is 24.4 Å². The molecule has 0 saturated heterocycles. The van der Waals surface area contributed by atoms with Gasteiger partial charge in [-0.15, -0.1) is 0 Å². The van der Waals surface area contributed by atoms with Gasteiger partial charge in [0.15, 0.2) is 11.6 Å². The summed E-state index contributed by atoms with van der Waals surface area (Å²) < 4.78 is 66.2. The first-order chi connectivity index (χ1) is 9.70. The van der Waals surface area contributed by atoms with E-state index in [9.17, 15) is 21.6 Å². The van der Waals surface area contributed by atoms with Crippen molar-refractivity contribution in [3.63, 3.8) is 0 Å². The number of benzene rings is 2. The molecule has 2 aromatic carbocycles. The topological polar surface area (TPSA) is 72.2 Å². The maximum Gasteiger partial charge on any atom is 0.265 e. The Morgan fingerprint density at radius 1 is 1.05 bits per heavy atom. The number of rotatable bonds is 3. The number of aryl methyl sites for hydroxylation is 1. The average Bonchev–Trinajstić information content (AvgIpc) is 2.37. The largest absolute Gasteiger partial charge is 0.399 e. The highest BCUT2D eigenvalue weighted by molar-refractivity contribution is 7.92. The molecule has 0 aromatic heterocycles. The van der Waals surface area contributed by atoms with Crippen molar-refractivity contribution in [1.29, 1.82) is 0 Å². The first-order valence-electron chi connectivity index (χ1n) is 5.74. The van der Waals surface area contributed by atoms with Crippen molar-refractivity contribution in [3.05, 3.63) is 53.3 Å². The molecule has 0 saturated carbocycles. The molecule has 0 radical (unpaired) electrons. The number of nitrogen functional groups attached to an aromatic ring is 1. The minimum atomic E-state index is -4.43. The Bertz CT molecular complexity index is 807. The van der Waals surface area contributed by atoms with Gasteiger partial charge in [-0.1, -0.05) is 6.07 Å². The van der Waals surface area contributed by atoms with Crippen molar-refractivity contribution in [2.24, 2.45) is 0 Å². The molecule has 4 nitrogen and oxygen atoms in total. The van der Waals surface area contributed by atoms with Gasteiger partial charge in [0.1, 0.15) is 10.7 Å². The SMILES string of the molecule is Cc1ccc(NS(=O)(=O)c2cc(N)cc(F)c2F)cc1F. The van der Waals surface area contributed by atoms with Crippen LogP contribution in [0.1, 0.15) is 5.56 Å². The van der Waals surface area contributed by atoms with Crippen LogP contribution in [-0.4, -0.2) is 8.42 Å². The number of nitrogens with two attached hydrogens (primary N) is 1. The van der Waals surface area contributed by atoms with Crippen LogP contribution in [-0.2, 0) is 10.0 Å². The van der Waals surface area contributed by atoms with Crippen LogP contribution in [0.2, 0.25) is 0 Å². The zero-order valence-corrected chi connectivity index (χ0v) is 11.6. The molecule has 2 aromatic rings. The number of nitrogens with one attached hydrogen (secondary N) is 1. The highest BCUT2D eigenvalue weighted by Crippen LogP contribution is 2.24. The van der Waals surface area contributed by atoms with Crippen LogP contribution in [0.3, 0.4) is 0 Å². The predicted octanol–water partition coefficient (Wildman–Crippen LogP) is 2.80. The Kier molecular flexibility index (Phi) is 3.82. The molecule has 8 heteroatoms. The van der Waals surface area contributed by atoms with Crippen LogP contribution >= 0.6 is 0 Å². The second kappa shape index (κ2) is 5.28. The molecule has 0 bridgehead atoms. The summed E-state index contributed by atoms with van der Waals surface area (Å²) in [5, 5.41) is 0. The molecule has 21 heavy (non-hydrogen) atoms. The van der Waals surface area contributed by atoms with E-state index in [4.69, 9.17) is 5.73 Å². The zero-order chi connectivity index (χ0) is 15.8. The molecule has 0 amide bonds. The Morgan fingerprint density at radius 3 is 2.33 bits per heavy atom. The van der Waals surface area contributed by atoms with Crippen LogP contribution in [0.15, 0.2) is 35.2 Å². The molecule has 2 rings (SSSR count). The lowest BCUT2D eigenvalue weighted by molar-refractivity contribution is 0.486. The molecule has 0 atom stereocenters. The van der Waals surface area contributed by atoms with Gasteiger partial charge >= 0.3 is 0 Å². The third-order valence-electron chi connectivity index (χ3n) is 2.73. The van der Waals surface area contributed by atoms with Crippen molar-refractivity contribution in [1.82, 2.24) is 0 Å². The predicted molar refractivity (Wildman–Crippen MR) is 72.7 cm³/mol. The maximum absolute atomic E-state index is 13.6. The lowest BCUT2D eigenvalue weighted by atomic mass is 10.2. The van der Waals surface area contributed by atoms with E-state index in [0.29, 0.717) is 11.6 Å². The van der Waals surface area contributed by atoms with E-state index in [1.54, 1.807) is 0 Å². The molecular weight excluding hydrogens is 305 g/mol. The van der Waals surface area contributed by atoms with Crippen LogP contribution in [0.25, 0.3) is 0 Å². The molecule has 0 aliphatic carbocycles. The van der Waals surface area contributed by atoms with E-state index >= 15 is 0 Å². The van der Waals surface area contributed by atoms with Crippen LogP contribution in [0.4, 0.5) is 24.5 Å². The molecule has 0 aliphatic heterocycles. The third kappa shape index (κ3) is 3.10. The first-order valence-corrected chi connectivity index (χ1v) is 7.22. The van der Waals surface area contributed by atoms with Crippen molar-refractivity contribution in [2.75, 3.05) is 10.5 Å². The summed E-state index contributed by atoms with van der Waals surface area (Å²) in [4.78, 5) is -0.944. The minimum absolute atomic E-state index is 0.111. The summed E-state index contributed by atoms with van der Waals surface area (Å²) in [6.07, 6.45) is 0. The quantitative estimate of drug-likeness (QED) is 0.855. The van der Waals surface area contributed by atoms with E-state index in [-0.39, 0.29) is 11.4 Å². The lowest BCUT2D eigenvalue weighted by Gasteiger charge is -2.10. The summed E-state index contributed by atoms with van der Waals surface area (Å²) in [5.41, 5.74) is 5.27. The zero-order valence-electron chi connectivity index (χ0n) is 10.8. The highest BCUT2D eigenvalue weighted by Gasteiger charge is 2.23. The molecular formula is C13H11F3N2O2S. The van der Waals surface area contributed by atoms with Gasteiger partial charge in [-0.25, -0.2) is 21.6 Å². The molecule has 0 unspecified atom stereocenters. The van der Waals surface area contributed by atoms with Gasteiger partial charge in [0.2, 0.25) is 0 Å². The Balaban J connectivity index is 2.45. The molecule has 3 N–H and O–H groups in total. The van der Waals surface area contributed by atoms with Gasteiger partial charge in [-0.2, -0.15) is 0 Å². The number of halogens is 3. The molecule has 0 heterocycles. The monoisotopic (exact) mass is 316 g/mol. The average molecular weight is 316 g/mol. The molecule has 112 valence electrons. The van der Waals surface area contributed by atoms with E-state index in [1.165, 1.54) is 19.1 Å². The van der Waals surface area contributed by atoms with Crippen LogP contribution in [0.5, 0.6) is 0 Å². The normalized spacial score (nSPS) is 11.4. The van der Waals surface area contributed by atoms with Crippen molar-refractivity contribution in [2.45, 2.75) is 11.8 Å². The van der Waals surface area contributed by atoms with E-state index in [1.807, 2.05) is 4.72 Å². The molecule has 0 aliphatic rings. The Hall–Kier alpha value is -2.22. The fourth-order valence-corrected chi connectivity index (χ4v) is 2.82. The maximum atomic E-state index is 13.6. The summed E-state index contributed by atoms with van der Waals surface area (Å²) in [5.74, 6) is -3.57. The fraction of sp³-hybridized carbons (Fsp3) is 0.0769. The van der Waals surface area contributed by atoms with Gasteiger partial charge in [-0.05, 0) is 36.8 Å². The van der Waals surface area contributed by atoms with Gasteiger partial charge in [-0.3, -0.25) is 4.72 Å². The number of hydrogen-bond donors (Lipinski definition) is 2. The van der Waals surface area contributed by atoms with Gasteiger partial charge in [0.25, 0.3) is 10.0 Å². The first kappa shape index (κ1) is 15.2. The number of anilines is 2. The van der Waals surface area contributed by atoms with Gasteiger partial charge in [0, 0.05) is 5.69 Å². The van der Waals surface area contributed by atoms with Gasteiger partial charge in [0.05, 0.1) is 5.69 Å². The second-order valence-corrected chi connectivity index (χ2v) is 6.04. The fourth-order valence-electron chi connectivity index (χ4n) is 1.65. The standard InChI is InChI=1S/C13H11F3N2O2S/c1-7-2-3-9(6-10(7)14)18-21(19,20)12-5-8(17)4-11(15)13(12)16/h2-6,18H,17H2,1H3. The third-order valence-corrected chi connectivity index (χ3v) is 4.11. The number of sulfonamides is 1. The summed E-state index contributed by atoms with van der Waals surface area (Å²) >= 11 is 0. The molecule has 0 fully saturated rings. The highest BCUT2D eigenvalue weighted by atomic mass is 32.2. The number of hydrogen-bond acceptors (Lipinski definition) is 3. The smallest absolute Gasteiger partial charge is 0.265 e. The van der Waals surface area contributed by atoms with E-state index in [2.05, 4.69) is 0 Å². The van der Waals surface area contributed by atoms with Crippen LogP contribution < -0.4 is 10.5 Å². The minimum Gasteiger partial charge on any atom is -0.399 e. The summed E-state index contributed by atoms with van der Waals surface area (Å²) in [6, 6.07) is 5.04. The second-order valence-electron chi connectivity index (χ2n) is 4.38. The van der Waals surface area contributed by atoms with Crippen molar-refractivity contribution >= 4 is 21.4 Å². The van der Waals surface area contributed by atoms with Crippen molar-refractivity contribution < 1.29 is 21.6 Å². The summed E-state index contributed by atoms with van der Waals surface area (Å²) in [7, 11) is -4.43. The lowest BCUT2D eigenvalue weighted by Crippen LogP contribution is -2.16. The van der Waals surface area contributed by atoms with E-state index < -0.39 is 32.4 Å². The van der Waals surface area contributed by atoms with Gasteiger partial charge < -0.3 is 5.73 Å². The molecule has 0 spiro atoms. The van der Waals surface area contributed by atoms with E-state index in [0.717, 1.165) is 12.1 Å². The summed E-state index contributed by atoms with van der Waals surface area (Å²) in [6.45, 7) is 1.50. The Labute approximate surface area is 119 Å².